The Morgan fingerprint density at radius 2 is 1.62 bits per heavy atom. The molecule has 8 heteroatoms. The molecule has 1 atom stereocenters. The number of thiocarbonyl (C=S) groups is 1. The highest BCUT2D eigenvalue weighted by atomic mass is 32.2. The lowest BCUT2D eigenvalue weighted by Gasteiger charge is -2.36. The predicted molar refractivity (Wildman–Crippen MR) is 128 cm³/mol. The molecule has 1 aromatic rings. The average molecular weight is 445 g/mol. The van der Waals surface area contributed by atoms with Gasteiger partial charge in [0.1, 0.15) is 5.76 Å². The number of hydrogen-bond acceptors (Lipinski definition) is 5. The summed E-state index contributed by atoms with van der Waals surface area (Å²) in [5.74, 6) is 1.82. The van der Waals surface area contributed by atoms with Crippen LogP contribution in [0.1, 0.15) is 32.4 Å². The molecule has 0 aliphatic rings. The smallest absolute Gasteiger partial charge is 0.171 e. The summed E-state index contributed by atoms with van der Waals surface area (Å²) < 4.78 is 17.8. The van der Waals surface area contributed by atoms with Crippen molar-refractivity contribution in [2.24, 2.45) is 0 Å². The lowest BCUT2D eigenvalue weighted by molar-refractivity contribution is 0.275. The van der Waals surface area contributed by atoms with Crippen molar-refractivity contribution in [3.63, 3.8) is 0 Å². The molecular formula is C21H40N4O2S2. The quantitative estimate of drug-likeness (QED) is 0.409. The maximum absolute atomic E-state index is 12.5. The van der Waals surface area contributed by atoms with Crippen molar-refractivity contribution < 1.29 is 8.63 Å². The van der Waals surface area contributed by atoms with Crippen molar-refractivity contribution in [2.75, 3.05) is 66.7 Å². The summed E-state index contributed by atoms with van der Waals surface area (Å²) in [6.07, 6.45) is 3.78. The van der Waals surface area contributed by atoms with E-state index in [1.807, 2.05) is 12.1 Å². The van der Waals surface area contributed by atoms with Gasteiger partial charge in [-0.15, -0.1) is 0 Å². The van der Waals surface area contributed by atoms with Gasteiger partial charge in [0.15, 0.2) is 5.11 Å². The molecular weight excluding hydrogens is 404 g/mol. The van der Waals surface area contributed by atoms with Crippen LogP contribution in [0, 0.1) is 0 Å². The second-order valence-electron chi connectivity index (χ2n) is 8.24. The molecule has 0 saturated carbocycles. The maximum Gasteiger partial charge on any atom is 0.171 e. The largest absolute Gasteiger partial charge is 0.468 e. The number of furan rings is 1. The highest BCUT2D eigenvalue weighted by molar-refractivity contribution is 7.84. The lowest BCUT2D eigenvalue weighted by Crippen LogP contribution is -2.48. The van der Waals surface area contributed by atoms with Gasteiger partial charge in [0.2, 0.25) is 0 Å². The summed E-state index contributed by atoms with van der Waals surface area (Å²) in [6.45, 7) is 8.98. The molecule has 1 rings (SSSR count). The minimum atomic E-state index is -0.966. The molecule has 0 aliphatic carbocycles. The van der Waals surface area contributed by atoms with Gasteiger partial charge in [-0.1, -0.05) is 0 Å². The van der Waals surface area contributed by atoms with Crippen LogP contribution in [0.15, 0.2) is 22.8 Å². The SMILES string of the molecule is CC(C)N(CCS(=O)Cc1ccco1)C(=S)N(CCCN(C)C)CCCN(C)C. The Kier molecular flexibility index (Phi) is 12.7. The first-order chi connectivity index (χ1) is 13.7. The van der Waals surface area contributed by atoms with E-state index in [2.05, 4.69) is 61.6 Å². The van der Waals surface area contributed by atoms with Crippen molar-refractivity contribution in [3.8, 4) is 0 Å². The zero-order valence-electron chi connectivity index (χ0n) is 19.1. The second kappa shape index (κ2) is 14.1. The van der Waals surface area contributed by atoms with Crippen LogP contribution in [0.3, 0.4) is 0 Å². The van der Waals surface area contributed by atoms with Crippen LogP contribution < -0.4 is 0 Å². The first-order valence-electron chi connectivity index (χ1n) is 10.4. The summed E-state index contributed by atoms with van der Waals surface area (Å²) in [7, 11) is 7.44. The zero-order chi connectivity index (χ0) is 21.8. The first kappa shape index (κ1) is 26.1. The van der Waals surface area contributed by atoms with Gasteiger partial charge in [0.25, 0.3) is 0 Å². The Hall–Kier alpha value is -0.960. The molecule has 0 amide bonds. The average Bonchev–Trinajstić information content (AvgIpc) is 3.12. The zero-order valence-corrected chi connectivity index (χ0v) is 20.7. The van der Waals surface area contributed by atoms with Gasteiger partial charge in [-0.3, -0.25) is 4.21 Å². The van der Waals surface area contributed by atoms with Gasteiger partial charge in [-0.2, -0.15) is 0 Å². The Morgan fingerprint density at radius 3 is 2.07 bits per heavy atom. The van der Waals surface area contributed by atoms with Gasteiger partial charge < -0.3 is 24.0 Å². The van der Waals surface area contributed by atoms with Crippen LogP contribution in [0.2, 0.25) is 0 Å². The van der Waals surface area contributed by atoms with Crippen molar-refractivity contribution >= 4 is 28.1 Å². The highest BCUT2D eigenvalue weighted by Crippen LogP contribution is 2.10. The molecule has 0 bridgehead atoms. The fourth-order valence-corrected chi connectivity index (χ4v) is 4.55. The van der Waals surface area contributed by atoms with Crippen LogP contribution in [0.4, 0.5) is 0 Å². The summed E-state index contributed by atoms with van der Waals surface area (Å²) in [5, 5.41) is 0.882. The molecule has 6 nitrogen and oxygen atoms in total. The van der Waals surface area contributed by atoms with Gasteiger partial charge in [-0.05, 0) is 92.3 Å². The highest BCUT2D eigenvalue weighted by Gasteiger charge is 2.20. The Morgan fingerprint density at radius 1 is 1.03 bits per heavy atom. The molecule has 29 heavy (non-hydrogen) atoms. The fourth-order valence-electron chi connectivity index (χ4n) is 3.04. The van der Waals surface area contributed by atoms with E-state index < -0.39 is 10.8 Å². The predicted octanol–water partition coefficient (Wildman–Crippen LogP) is 2.73. The van der Waals surface area contributed by atoms with Gasteiger partial charge in [0, 0.05) is 42.2 Å². The van der Waals surface area contributed by atoms with E-state index in [9.17, 15) is 4.21 Å². The van der Waals surface area contributed by atoms with E-state index in [4.69, 9.17) is 16.6 Å². The molecule has 0 N–H and O–H groups in total. The fraction of sp³-hybridized carbons (Fsp3) is 0.762. The standard InChI is InChI=1S/C21H40N4O2S2/c1-19(2)25(15-17-29(26)18-20-10-7-16-27-20)21(28)24(13-8-11-22(3)4)14-9-12-23(5)6/h7,10,16,19H,8-9,11-15,17-18H2,1-6H3. The summed E-state index contributed by atoms with van der Waals surface area (Å²) in [4.78, 5) is 8.97. The Labute approximate surface area is 185 Å². The summed E-state index contributed by atoms with van der Waals surface area (Å²) in [6, 6.07) is 3.98. The van der Waals surface area contributed by atoms with E-state index >= 15 is 0 Å². The van der Waals surface area contributed by atoms with Crippen molar-refractivity contribution in [1.82, 2.24) is 19.6 Å². The van der Waals surface area contributed by atoms with E-state index in [1.54, 1.807) is 6.26 Å². The molecule has 1 heterocycles. The van der Waals surface area contributed by atoms with Gasteiger partial charge in [-0.25, -0.2) is 0 Å². The normalized spacial score (nSPS) is 12.7. The number of nitrogens with zero attached hydrogens (tertiary/aromatic N) is 4. The first-order valence-corrected chi connectivity index (χ1v) is 12.3. The van der Waals surface area contributed by atoms with Crippen molar-refractivity contribution in [2.45, 2.75) is 38.5 Å². The van der Waals surface area contributed by atoms with Crippen LogP contribution in [0.25, 0.3) is 0 Å². The van der Waals surface area contributed by atoms with Crippen molar-refractivity contribution in [1.29, 1.82) is 0 Å². The van der Waals surface area contributed by atoms with E-state index in [-0.39, 0.29) is 6.04 Å². The molecule has 0 spiro atoms. The van der Waals surface area contributed by atoms with E-state index in [0.29, 0.717) is 18.1 Å². The minimum Gasteiger partial charge on any atom is -0.468 e. The molecule has 1 unspecified atom stereocenters. The molecule has 0 fully saturated rings. The third kappa shape index (κ3) is 11.1. The van der Waals surface area contributed by atoms with Crippen molar-refractivity contribution in [3.05, 3.63) is 24.2 Å². The Balaban J connectivity index is 2.67. The molecule has 0 radical (unpaired) electrons. The molecule has 1 aromatic heterocycles. The number of rotatable bonds is 14. The van der Waals surface area contributed by atoms with Crippen LogP contribution in [-0.4, -0.2) is 102 Å². The molecule has 0 saturated heterocycles. The minimum absolute atomic E-state index is 0.272. The lowest BCUT2D eigenvalue weighted by atomic mass is 10.3. The summed E-state index contributed by atoms with van der Waals surface area (Å²) in [5.41, 5.74) is 0. The van der Waals surface area contributed by atoms with Crippen LogP contribution in [0.5, 0.6) is 0 Å². The monoisotopic (exact) mass is 444 g/mol. The molecule has 0 aliphatic heterocycles. The molecule has 168 valence electrons. The summed E-state index contributed by atoms with van der Waals surface area (Å²) >= 11 is 5.91. The Bertz CT molecular complexity index is 578. The van der Waals surface area contributed by atoms with Gasteiger partial charge in [0.05, 0.1) is 12.0 Å². The van der Waals surface area contributed by atoms with E-state index in [0.717, 1.165) is 49.9 Å². The van der Waals surface area contributed by atoms with Crippen LogP contribution in [-0.2, 0) is 16.6 Å². The third-order valence-electron chi connectivity index (χ3n) is 4.65. The van der Waals surface area contributed by atoms with E-state index in [1.165, 1.54) is 0 Å². The molecule has 0 aromatic carbocycles. The maximum atomic E-state index is 12.5. The third-order valence-corrected chi connectivity index (χ3v) is 6.39. The van der Waals surface area contributed by atoms with Crippen LogP contribution >= 0.6 is 12.2 Å². The number of hydrogen-bond donors (Lipinski definition) is 0. The van der Waals surface area contributed by atoms with Gasteiger partial charge >= 0.3 is 0 Å². The second-order valence-corrected chi connectivity index (χ2v) is 10.2. The topological polar surface area (TPSA) is 43.2 Å².